The Kier molecular flexibility index (Phi) is 3.53. The zero-order chi connectivity index (χ0) is 12.3. The Bertz CT molecular complexity index is 386. The lowest BCUT2D eigenvalue weighted by Crippen LogP contribution is -2.19. The largest absolute Gasteiger partial charge is 0.478 e. The maximum Gasteiger partial charge on any atom is 0.433 e. The number of aromatic nitrogens is 2. The van der Waals surface area contributed by atoms with Gasteiger partial charge >= 0.3 is 12.1 Å². The van der Waals surface area contributed by atoms with E-state index in [0.717, 1.165) is 0 Å². The van der Waals surface area contributed by atoms with Crippen LogP contribution in [0.4, 0.5) is 13.2 Å². The highest BCUT2D eigenvalue weighted by Gasteiger charge is 2.40. The number of nitrogens with zero attached hydrogens (tertiary/aromatic N) is 2. The van der Waals surface area contributed by atoms with E-state index in [0.29, 0.717) is 10.9 Å². The van der Waals surface area contributed by atoms with Gasteiger partial charge in [-0.05, 0) is 0 Å². The summed E-state index contributed by atoms with van der Waals surface area (Å²) >= 11 is 0. The zero-order valence-electron chi connectivity index (χ0n) is 8.28. The van der Waals surface area contributed by atoms with Gasteiger partial charge in [-0.25, -0.2) is 4.79 Å². The van der Waals surface area contributed by atoms with Gasteiger partial charge in [-0.15, -0.1) is 0 Å². The van der Waals surface area contributed by atoms with E-state index in [2.05, 4.69) is 9.84 Å². The minimum atomic E-state index is -4.75. The molecule has 90 valence electrons. The van der Waals surface area contributed by atoms with Crippen LogP contribution >= 0.6 is 0 Å². The first kappa shape index (κ1) is 12.5. The lowest BCUT2D eigenvalue weighted by atomic mass is 10.2. The summed E-state index contributed by atoms with van der Waals surface area (Å²) in [6.07, 6.45) is -4.07. The second-order valence-electron chi connectivity index (χ2n) is 2.93. The Morgan fingerprint density at radius 1 is 1.62 bits per heavy atom. The molecule has 1 aromatic rings. The topological polar surface area (TPSA) is 64.4 Å². The van der Waals surface area contributed by atoms with Crippen LogP contribution in [-0.2, 0) is 17.5 Å². The van der Waals surface area contributed by atoms with Crippen molar-refractivity contribution in [2.75, 3.05) is 13.7 Å². The van der Waals surface area contributed by atoms with E-state index in [-0.39, 0.29) is 13.2 Å². The highest BCUT2D eigenvalue weighted by molar-refractivity contribution is 5.88. The molecule has 8 heteroatoms. The smallest absolute Gasteiger partial charge is 0.433 e. The molecule has 0 aliphatic heterocycles. The van der Waals surface area contributed by atoms with E-state index in [1.54, 1.807) is 0 Å². The van der Waals surface area contributed by atoms with Crippen LogP contribution < -0.4 is 0 Å². The van der Waals surface area contributed by atoms with Gasteiger partial charge in [0.15, 0.2) is 5.69 Å². The predicted molar refractivity (Wildman–Crippen MR) is 46.1 cm³/mol. The molecule has 0 unspecified atom stereocenters. The van der Waals surface area contributed by atoms with Gasteiger partial charge < -0.3 is 9.84 Å². The average Bonchev–Trinajstić information content (AvgIpc) is 2.57. The van der Waals surface area contributed by atoms with Gasteiger partial charge in [0.2, 0.25) is 0 Å². The number of methoxy groups -OCH3 is 1. The average molecular weight is 238 g/mol. The number of carbonyl (C=O) groups is 1. The van der Waals surface area contributed by atoms with Crippen molar-refractivity contribution in [1.82, 2.24) is 9.78 Å². The van der Waals surface area contributed by atoms with Crippen LogP contribution in [0.25, 0.3) is 0 Å². The molecule has 1 heterocycles. The third kappa shape index (κ3) is 2.51. The minimum absolute atomic E-state index is 0.0177. The Morgan fingerprint density at radius 3 is 2.69 bits per heavy atom. The number of hydrogen-bond donors (Lipinski definition) is 1. The van der Waals surface area contributed by atoms with Crippen molar-refractivity contribution in [3.05, 3.63) is 17.5 Å². The SMILES string of the molecule is COCCn1ncc(C(=O)O)c1C(F)(F)F. The number of carboxylic acid groups (broad SMARTS) is 1. The van der Waals surface area contributed by atoms with E-state index < -0.39 is 23.4 Å². The van der Waals surface area contributed by atoms with E-state index >= 15 is 0 Å². The summed E-state index contributed by atoms with van der Waals surface area (Å²) in [5.41, 5.74) is -2.12. The quantitative estimate of drug-likeness (QED) is 0.857. The molecule has 1 N–H and O–H groups in total. The molecule has 5 nitrogen and oxygen atoms in total. The van der Waals surface area contributed by atoms with Gasteiger partial charge in [0, 0.05) is 7.11 Å². The van der Waals surface area contributed by atoms with Gasteiger partial charge in [0.1, 0.15) is 5.56 Å². The van der Waals surface area contributed by atoms with Crippen LogP contribution in [0, 0.1) is 0 Å². The summed E-state index contributed by atoms with van der Waals surface area (Å²) in [6.45, 7) is -0.136. The first-order valence-corrected chi connectivity index (χ1v) is 4.23. The molecule has 0 aromatic carbocycles. The highest BCUT2D eigenvalue weighted by Crippen LogP contribution is 2.31. The van der Waals surface area contributed by atoms with Gasteiger partial charge in [0.05, 0.1) is 19.3 Å². The zero-order valence-corrected chi connectivity index (χ0v) is 8.28. The molecule has 0 atom stereocenters. The summed E-state index contributed by atoms with van der Waals surface area (Å²) in [5.74, 6) is -1.66. The lowest BCUT2D eigenvalue weighted by molar-refractivity contribution is -0.145. The molecule has 0 aliphatic carbocycles. The monoisotopic (exact) mass is 238 g/mol. The van der Waals surface area contributed by atoms with Gasteiger partial charge in [-0.3, -0.25) is 4.68 Å². The molecule has 0 saturated heterocycles. The first-order chi connectivity index (χ1) is 7.38. The van der Waals surface area contributed by atoms with Crippen LogP contribution in [0.1, 0.15) is 16.1 Å². The summed E-state index contributed by atoms with van der Waals surface area (Å²) in [4.78, 5) is 10.6. The normalized spacial score (nSPS) is 11.8. The summed E-state index contributed by atoms with van der Waals surface area (Å²) < 4.78 is 42.9. The molecule has 0 spiro atoms. The molecule has 1 aromatic heterocycles. The fourth-order valence-electron chi connectivity index (χ4n) is 1.19. The van der Waals surface area contributed by atoms with Gasteiger partial charge in [-0.2, -0.15) is 18.3 Å². The lowest BCUT2D eigenvalue weighted by Gasteiger charge is -2.10. The summed E-state index contributed by atoms with van der Waals surface area (Å²) in [7, 11) is 1.33. The van der Waals surface area contributed by atoms with Crippen LogP contribution in [0.3, 0.4) is 0 Å². The minimum Gasteiger partial charge on any atom is -0.478 e. The standard InChI is InChI=1S/C8H9F3N2O3/c1-16-3-2-13-6(8(9,10)11)5(4-12-13)7(14)15/h4H,2-3H2,1H3,(H,14,15). The van der Waals surface area contributed by atoms with Gasteiger partial charge in [-0.1, -0.05) is 0 Å². The number of aromatic carboxylic acids is 1. The molecule has 0 amide bonds. The Labute approximate surface area is 88.4 Å². The third-order valence-corrected chi connectivity index (χ3v) is 1.85. The van der Waals surface area contributed by atoms with E-state index in [4.69, 9.17) is 5.11 Å². The molecule has 0 fully saturated rings. The number of rotatable bonds is 4. The van der Waals surface area contributed by atoms with Crippen molar-refractivity contribution in [2.45, 2.75) is 12.7 Å². The summed E-state index contributed by atoms with van der Waals surface area (Å²) in [5, 5.41) is 12.0. The molecule has 0 saturated carbocycles. The van der Waals surface area contributed by atoms with Crippen molar-refractivity contribution in [2.24, 2.45) is 0 Å². The van der Waals surface area contributed by atoms with E-state index in [9.17, 15) is 18.0 Å². The fourth-order valence-corrected chi connectivity index (χ4v) is 1.19. The second-order valence-corrected chi connectivity index (χ2v) is 2.93. The second kappa shape index (κ2) is 4.52. The van der Waals surface area contributed by atoms with E-state index in [1.165, 1.54) is 7.11 Å². The molecule has 1 rings (SSSR count). The molecule has 0 aliphatic rings. The molecule has 0 radical (unpaired) electrons. The number of halogens is 3. The Morgan fingerprint density at radius 2 is 2.25 bits per heavy atom. The van der Waals surface area contributed by atoms with Crippen LogP contribution in [0.2, 0.25) is 0 Å². The predicted octanol–water partition coefficient (Wildman–Crippen LogP) is 1.25. The Balaban J connectivity index is 3.15. The van der Waals surface area contributed by atoms with Crippen molar-refractivity contribution < 1.29 is 27.8 Å². The molecule has 16 heavy (non-hydrogen) atoms. The van der Waals surface area contributed by atoms with Crippen molar-refractivity contribution >= 4 is 5.97 Å². The van der Waals surface area contributed by atoms with Crippen molar-refractivity contribution in [3.8, 4) is 0 Å². The van der Waals surface area contributed by atoms with Crippen molar-refractivity contribution in [3.63, 3.8) is 0 Å². The molecular weight excluding hydrogens is 229 g/mol. The maximum atomic E-state index is 12.6. The van der Waals surface area contributed by atoms with Gasteiger partial charge in [0.25, 0.3) is 0 Å². The maximum absolute atomic E-state index is 12.6. The van der Waals surface area contributed by atoms with Crippen LogP contribution in [0.5, 0.6) is 0 Å². The van der Waals surface area contributed by atoms with Crippen molar-refractivity contribution in [1.29, 1.82) is 0 Å². The van der Waals surface area contributed by atoms with Crippen LogP contribution in [-0.4, -0.2) is 34.6 Å². The molecular formula is C8H9F3N2O3. The number of ether oxygens (including phenoxy) is 1. The van der Waals surface area contributed by atoms with E-state index in [1.807, 2.05) is 0 Å². The molecule has 0 bridgehead atoms. The summed E-state index contributed by atoms with van der Waals surface area (Å²) in [6, 6.07) is 0. The Hall–Kier alpha value is -1.57. The highest BCUT2D eigenvalue weighted by atomic mass is 19.4. The first-order valence-electron chi connectivity index (χ1n) is 4.23. The fraction of sp³-hybridized carbons (Fsp3) is 0.500. The number of carboxylic acids is 1. The number of alkyl halides is 3. The number of hydrogen-bond acceptors (Lipinski definition) is 3. The third-order valence-electron chi connectivity index (χ3n) is 1.85. The van der Waals surface area contributed by atoms with Crippen LogP contribution in [0.15, 0.2) is 6.20 Å².